The molecule has 2 heteroatoms. The highest BCUT2D eigenvalue weighted by molar-refractivity contribution is 5.70. The summed E-state index contributed by atoms with van der Waals surface area (Å²) in [5.41, 5.74) is 7.04. The molecule has 1 unspecified atom stereocenters. The van der Waals surface area contributed by atoms with Crippen LogP contribution >= 0.6 is 0 Å². The van der Waals surface area contributed by atoms with Gasteiger partial charge in [-0.2, -0.15) is 0 Å². The van der Waals surface area contributed by atoms with Crippen molar-refractivity contribution in [1.82, 2.24) is 0 Å². The summed E-state index contributed by atoms with van der Waals surface area (Å²) in [5.74, 6) is 0. The van der Waals surface area contributed by atoms with E-state index in [-0.39, 0.29) is 10.8 Å². The van der Waals surface area contributed by atoms with Crippen molar-refractivity contribution in [1.29, 1.82) is 0 Å². The van der Waals surface area contributed by atoms with Crippen molar-refractivity contribution in [3.05, 3.63) is 108 Å². The van der Waals surface area contributed by atoms with Crippen LogP contribution in [0.2, 0.25) is 0 Å². The molecule has 0 aromatic heterocycles. The summed E-state index contributed by atoms with van der Waals surface area (Å²) in [4.78, 5) is 4.95. The molecule has 1 atom stereocenters. The molecule has 0 N–H and O–H groups in total. The lowest BCUT2D eigenvalue weighted by molar-refractivity contribution is 0.478. The number of fused-ring (bicyclic) bond motifs is 2. The van der Waals surface area contributed by atoms with E-state index in [0.29, 0.717) is 6.04 Å². The number of nitrogens with zero attached hydrogens (tertiary/aromatic N) is 2. The molecule has 2 nitrogen and oxygen atoms in total. The maximum absolute atomic E-state index is 2.51. The molecule has 0 bridgehead atoms. The van der Waals surface area contributed by atoms with E-state index in [2.05, 4.69) is 142 Å². The summed E-state index contributed by atoms with van der Waals surface area (Å²) in [6.07, 6.45) is 15.4. The Bertz CT molecular complexity index is 1110. The van der Waals surface area contributed by atoms with Crippen LogP contribution in [0.4, 0.5) is 11.4 Å². The topological polar surface area (TPSA) is 6.48 Å². The highest BCUT2D eigenvalue weighted by Gasteiger charge is 2.42. The quantitative estimate of drug-likeness (QED) is 0.430. The molecule has 0 saturated carbocycles. The van der Waals surface area contributed by atoms with Crippen molar-refractivity contribution in [2.45, 2.75) is 58.4 Å². The summed E-state index contributed by atoms with van der Waals surface area (Å²) in [6.45, 7) is 15.8. The van der Waals surface area contributed by atoms with Gasteiger partial charge in [-0.25, -0.2) is 0 Å². The van der Waals surface area contributed by atoms with Crippen LogP contribution in [0.5, 0.6) is 0 Å². The Labute approximate surface area is 200 Å². The highest BCUT2D eigenvalue weighted by atomic mass is 15.2. The van der Waals surface area contributed by atoms with E-state index in [1.807, 2.05) is 0 Å². The molecule has 2 heterocycles. The Kier molecular flexibility index (Phi) is 6.38. The van der Waals surface area contributed by atoms with Crippen LogP contribution in [0.25, 0.3) is 0 Å². The predicted octanol–water partition coefficient (Wildman–Crippen LogP) is 7.54. The first-order valence-electron chi connectivity index (χ1n) is 12.3. The van der Waals surface area contributed by atoms with Crippen molar-refractivity contribution in [2.24, 2.45) is 0 Å². The van der Waals surface area contributed by atoms with E-state index in [9.17, 15) is 0 Å². The lowest BCUT2D eigenvalue weighted by Crippen LogP contribution is -2.39. The van der Waals surface area contributed by atoms with Crippen molar-refractivity contribution < 1.29 is 0 Å². The highest BCUT2D eigenvalue weighted by Crippen LogP contribution is 2.47. The molecule has 0 radical (unpaired) electrons. The van der Waals surface area contributed by atoms with Crippen LogP contribution in [0.3, 0.4) is 0 Å². The molecule has 33 heavy (non-hydrogen) atoms. The molecule has 0 saturated heterocycles. The summed E-state index contributed by atoms with van der Waals surface area (Å²) in [5, 5.41) is 0. The van der Waals surface area contributed by atoms with Gasteiger partial charge < -0.3 is 9.80 Å². The standard InChI is InChI=1S/C31H38N2/c1-7-32-26-20-16-14-18-24(26)30(3,4)28(32)22-12-10-9-11-13-23-29-31(5,6)25-19-15-17-21-27(25)33(29)8-2/h9-23,28H,7-8H2,1-6H3/b10-9+,13-11+,22-12+,29-23+. The van der Waals surface area contributed by atoms with Gasteiger partial charge in [0, 0.05) is 41.0 Å². The molecule has 2 aromatic rings. The van der Waals surface area contributed by atoms with Gasteiger partial charge in [-0.3, -0.25) is 0 Å². The first kappa shape index (κ1) is 23.2. The fraction of sp³-hybridized carbons (Fsp3) is 0.355. The maximum atomic E-state index is 2.51. The fourth-order valence-electron chi connectivity index (χ4n) is 5.67. The number of benzene rings is 2. The summed E-state index contributed by atoms with van der Waals surface area (Å²) >= 11 is 0. The van der Waals surface area contributed by atoms with Gasteiger partial charge in [0.25, 0.3) is 0 Å². The number of hydrogen-bond donors (Lipinski definition) is 0. The third kappa shape index (κ3) is 3.97. The second kappa shape index (κ2) is 9.09. The van der Waals surface area contributed by atoms with Crippen molar-refractivity contribution in [3.63, 3.8) is 0 Å². The summed E-state index contributed by atoms with van der Waals surface area (Å²) in [7, 11) is 0. The van der Waals surface area contributed by atoms with E-state index in [1.54, 1.807) is 0 Å². The first-order valence-corrected chi connectivity index (χ1v) is 12.3. The number of hydrogen-bond acceptors (Lipinski definition) is 2. The van der Waals surface area contributed by atoms with Crippen LogP contribution in [0.15, 0.2) is 96.8 Å². The van der Waals surface area contributed by atoms with Crippen LogP contribution < -0.4 is 9.80 Å². The fourth-order valence-corrected chi connectivity index (χ4v) is 5.67. The Morgan fingerprint density at radius 2 is 1.33 bits per heavy atom. The van der Waals surface area contributed by atoms with Crippen molar-refractivity contribution in [2.75, 3.05) is 22.9 Å². The number of likely N-dealkylation sites (N-methyl/N-ethyl adjacent to an activating group) is 2. The van der Waals surface area contributed by atoms with Crippen LogP contribution in [-0.4, -0.2) is 19.1 Å². The molecule has 172 valence electrons. The number of para-hydroxylation sites is 2. The molecule has 0 spiro atoms. The third-order valence-corrected chi connectivity index (χ3v) is 7.43. The van der Waals surface area contributed by atoms with Crippen LogP contribution in [-0.2, 0) is 10.8 Å². The van der Waals surface area contributed by atoms with Gasteiger partial charge in [-0.05, 0) is 43.2 Å². The summed E-state index contributed by atoms with van der Waals surface area (Å²) in [6, 6.07) is 18.0. The normalized spacial score (nSPS) is 22.2. The molecular weight excluding hydrogens is 400 g/mol. The minimum absolute atomic E-state index is 0.0211. The SMILES string of the molecule is CCN1/C(=C/C=C/C=C/C=C/C2N(CC)c3ccccc3C2(C)C)C(C)(C)c2ccccc21. The number of rotatable bonds is 6. The number of allylic oxidation sites excluding steroid dienone is 7. The van der Waals surface area contributed by atoms with Gasteiger partial charge in [0.15, 0.2) is 0 Å². The van der Waals surface area contributed by atoms with Crippen LogP contribution in [0, 0.1) is 0 Å². The minimum atomic E-state index is 0.0211. The minimum Gasteiger partial charge on any atom is -0.364 e. The van der Waals surface area contributed by atoms with Gasteiger partial charge in [-0.15, -0.1) is 0 Å². The van der Waals surface area contributed by atoms with Crippen molar-refractivity contribution in [3.8, 4) is 0 Å². The molecule has 2 aromatic carbocycles. The smallest absolute Gasteiger partial charge is 0.0568 e. The van der Waals surface area contributed by atoms with Gasteiger partial charge in [0.2, 0.25) is 0 Å². The average molecular weight is 439 g/mol. The Hall–Kier alpha value is -3.00. The molecule has 4 rings (SSSR count). The van der Waals surface area contributed by atoms with E-state index in [1.165, 1.54) is 28.2 Å². The number of anilines is 2. The van der Waals surface area contributed by atoms with Gasteiger partial charge in [0.1, 0.15) is 0 Å². The molecule has 0 amide bonds. The lowest BCUT2D eigenvalue weighted by atomic mass is 9.80. The summed E-state index contributed by atoms with van der Waals surface area (Å²) < 4.78 is 0. The zero-order valence-electron chi connectivity index (χ0n) is 21.0. The Morgan fingerprint density at radius 1 is 0.727 bits per heavy atom. The van der Waals surface area contributed by atoms with Gasteiger partial charge >= 0.3 is 0 Å². The lowest BCUT2D eigenvalue weighted by Gasteiger charge is -2.31. The maximum Gasteiger partial charge on any atom is 0.0568 e. The Balaban J connectivity index is 1.46. The van der Waals surface area contributed by atoms with Crippen LogP contribution in [0.1, 0.15) is 52.7 Å². The largest absolute Gasteiger partial charge is 0.364 e. The first-order chi connectivity index (χ1) is 15.8. The second-order valence-corrected chi connectivity index (χ2v) is 10.1. The molecule has 2 aliphatic rings. The predicted molar refractivity (Wildman–Crippen MR) is 144 cm³/mol. The van der Waals surface area contributed by atoms with E-state index in [4.69, 9.17) is 0 Å². The van der Waals surface area contributed by atoms with Gasteiger partial charge in [0.05, 0.1) is 6.04 Å². The second-order valence-electron chi connectivity index (χ2n) is 10.1. The molecular formula is C31H38N2. The molecule has 0 aliphatic carbocycles. The molecule has 0 fully saturated rings. The van der Waals surface area contributed by atoms with Gasteiger partial charge in [-0.1, -0.05) is 101 Å². The van der Waals surface area contributed by atoms with E-state index >= 15 is 0 Å². The van der Waals surface area contributed by atoms with Crippen molar-refractivity contribution >= 4 is 11.4 Å². The Morgan fingerprint density at radius 3 is 2.03 bits per heavy atom. The third-order valence-electron chi connectivity index (χ3n) is 7.43. The zero-order chi connectivity index (χ0) is 23.6. The molecule has 2 aliphatic heterocycles. The van der Waals surface area contributed by atoms with E-state index < -0.39 is 0 Å². The monoisotopic (exact) mass is 438 g/mol. The average Bonchev–Trinajstić information content (AvgIpc) is 3.17. The zero-order valence-corrected chi connectivity index (χ0v) is 21.0. The van der Waals surface area contributed by atoms with E-state index in [0.717, 1.165) is 13.1 Å².